The molecule has 0 amide bonds. The minimum Gasteiger partial charge on any atom is -0.326 e. The number of hydrogen-bond acceptors (Lipinski definition) is 2. The second-order valence-electron chi connectivity index (χ2n) is 4.58. The summed E-state index contributed by atoms with van der Waals surface area (Å²) in [5.74, 6) is -0.322. The van der Waals surface area contributed by atoms with Crippen molar-refractivity contribution >= 4 is 11.6 Å². The SMILES string of the molecule is CCCN1CCC(N)C1c1cccc(Cl)c1F. The Hall–Kier alpha value is -0.640. The van der Waals surface area contributed by atoms with E-state index in [2.05, 4.69) is 11.8 Å². The molecule has 0 bridgehead atoms. The molecule has 0 aromatic heterocycles. The second kappa shape index (κ2) is 5.34. The van der Waals surface area contributed by atoms with Gasteiger partial charge in [0.05, 0.1) is 11.1 Å². The molecule has 0 saturated carbocycles. The quantitative estimate of drug-likeness (QED) is 0.901. The van der Waals surface area contributed by atoms with Gasteiger partial charge in [0.1, 0.15) is 5.82 Å². The Balaban J connectivity index is 2.33. The van der Waals surface area contributed by atoms with E-state index < -0.39 is 0 Å². The highest BCUT2D eigenvalue weighted by Crippen LogP contribution is 2.34. The van der Waals surface area contributed by atoms with Crippen LogP contribution in [-0.2, 0) is 0 Å². The maximum atomic E-state index is 14.0. The Labute approximate surface area is 107 Å². The highest BCUT2D eigenvalue weighted by Gasteiger charge is 2.34. The summed E-state index contributed by atoms with van der Waals surface area (Å²) in [6.45, 7) is 4.01. The fourth-order valence-corrected chi connectivity index (χ4v) is 2.78. The number of nitrogens with zero attached hydrogens (tertiary/aromatic N) is 1. The second-order valence-corrected chi connectivity index (χ2v) is 4.98. The molecule has 2 unspecified atom stereocenters. The van der Waals surface area contributed by atoms with Gasteiger partial charge in [0.15, 0.2) is 0 Å². The molecule has 1 heterocycles. The van der Waals surface area contributed by atoms with Crippen molar-refractivity contribution < 1.29 is 4.39 Å². The van der Waals surface area contributed by atoms with Crippen LogP contribution in [0.15, 0.2) is 18.2 Å². The van der Waals surface area contributed by atoms with Gasteiger partial charge in [-0.3, -0.25) is 4.90 Å². The molecule has 2 rings (SSSR count). The van der Waals surface area contributed by atoms with Crippen LogP contribution in [0.3, 0.4) is 0 Å². The molecule has 1 aliphatic heterocycles. The largest absolute Gasteiger partial charge is 0.326 e. The first kappa shape index (κ1) is 12.8. The number of hydrogen-bond donors (Lipinski definition) is 1. The van der Waals surface area contributed by atoms with Crippen LogP contribution >= 0.6 is 11.6 Å². The van der Waals surface area contributed by atoms with E-state index in [1.54, 1.807) is 18.2 Å². The number of benzene rings is 1. The molecule has 17 heavy (non-hydrogen) atoms. The minimum atomic E-state index is -0.322. The third-order valence-electron chi connectivity index (χ3n) is 3.36. The van der Waals surface area contributed by atoms with Crippen LogP contribution in [0.2, 0.25) is 5.02 Å². The summed E-state index contributed by atoms with van der Waals surface area (Å²) in [6, 6.07) is 5.11. The van der Waals surface area contributed by atoms with Crippen molar-refractivity contribution in [2.75, 3.05) is 13.1 Å². The van der Waals surface area contributed by atoms with E-state index >= 15 is 0 Å². The number of likely N-dealkylation sites (tertiary alicyclic amines) is 1. The molecule has 2 atom stereocenters. The van der Waals surface area contributed by atoms with Crippen LogP contribution in [0.25, 0.3) is 0 Å². The zero-order valence-corrected chi connectivity index (χ0v) is 10.8. The summed E-state index contributed by atoms with van der Waals surface area (Å²) in [5.41, 5.74) is 6.73. The van der Waals surface area contributed by atoms with Gasteiger partial charge in [-0.1, -0.05) is 30.7 Å². The number of rotatable bonds is 3. The third-order valence-corrected chi connectivity index (χ3v) is 3.65. The van der Waals surface area contributed by atoms with Crippen LogP contribution in [0.4, 0.5) is 4.39 Å². The molecular formula is C13H18ClFN2. The smallest absolute Gasteiger partial charge is 0.146 e. The summed E-state index contributed by atoms with van der Waals surface area (Å²) in [7, 11) is 0. The Morgan fingerprint density at radius 1 is 1.53 bits per heavy atom. The van der Waals surface area contributed by atoms with Crippen LogP contribution in [0, 0.1) is 5.82 Å². The zero-order chi connectivity index (χ0) is 12.4. The number of nitrogens with two attached hydrogens (primary N) is 1. The van der Waals surface area contributed by atoms with Gasteiger partial charge in [-0.15, -0.1) is 0 Å². The summed E-state index contributed by atoms with van der Waals surface area (Å²) in [5, 5.41) is 0.179. The normalized spacial score (nSPS) is 25.4. The van der Waals surface area contributed by atoms with Gasteiger partial charge >= 0.3 is 0 Å². The predicted octanol–water partition coefficient (Wildman–Crippen LogP) is 2.96. The van der Waals surface area contributed by atoms with Crippen LogP contribution in [-0.4, -0.2) is 24.0 Å². The van der Waals surface area contributed by atoms with Gasteiger partial charge in [0, 0.05) is 18.2 Å². The molecule has 0 aliphatic carbocycles. The fraction of sp³-hybridized carbons (Fsp3) is 0.538. The first-order valence-corrected chi connectivity index (χ1v) is 6.46. The molecule has 1 aromatic carbocycles. The van der Waals surface area contributed by atoms with Gasteiger partial charge in [0.2, 0.25) is 0 Å². The lowest BCUT2D eigenvalue weighted by Crippen LogP contribution is -2.33. The third kappa shape index (κ3) is 2.46. The summed E-state index contributed by atoms with van der Waals surface area (Å²) >= 11 is 5.83. The van der Waals surface area contributed by atoms with Gasteiger partial charge < -0.3 is 5.73 Å². The van der Waals surface area contributed by atoms with Crippen molar-refractivity contribution in [3.8, 4) is 0 Å². The monoisotopic (exact) mass is 256 g/mol. The highest BCUT2D eigenvalue weighted by atomic mass is 35.5. The lowest BCUT2D eigenvalue weighted by Gasteiger charge is -2.27. The van der Waals surface area contributed by atoms with Crippen LogP contribution in [0.1, 0.15) is 31.4 Å². The summed E-state index contributed by atoms with van der Waals surface area (Å²) in [6.07, 6.45) is 1.96. The lowest BCUT2D eigenvalue weighted by molar-refractivity contribution is 0.243. The Morgan fingerprint density at radius 2 is 2.29 bits per heavy atom. The Kier molecular flexibility index (Phi) is 4.02. The standard InChI is InChI=1S/C13H18ClFN2/c1-2-7-17-8-6-11(16)13(17)9-4-3-5-10(14)12(9)15/h3-5,11,13H,2,6-8,16H2,1H3. The van der Waals surface area contributed by atoms with E-state index in [1.807, 2.05) is 0 Å². The fourth-order valence-electron chi connectivity index (χ4n) is 2.60. The van der Waals surface area contributed by atoms with E-state index in [1.165, 1.54) is 0 Å². The maximum Gasteiger partial charge on any atom is 0.146 e. The average molecular weight is 257 g/mol. The maximum absolute atomic E-state index is 14.0. The molecule has 1 fully saturated rings. The molecule has 1 saturated heterocycles. The van der Waals surface area contributed by atoms with Crippen molar-refractivity contribution in [2.24, 2.45) is 5.73 Å². The Bertz CT molecular complexity index is 395. The van der Waals surface area contributed by atoms with E-state index in [0.717, 1.165) is 25.9 Å². The molecule has 0 radical (unpaired) electrons. The zero-order valence-electron chi connectivity index (χ0n) is 10.00. The van der Waals surface area contributed by atoms with Crippen molar-refractivity contribution in [1.29, 1.82) is 0 Å². The minimum absolute atomic E-state index is 0.00508. The molecule has 94 valence electrons. The van der Waals surface area contributed by atoms with Gasteiger partial charge in [-0.2, -0.15) is 0 Å². The molecule has 1 aliphatic rings. The van der Waals surface area contributed by atoms with Gasteiger partial charge in [-0.05, 0) is 25.5 Å². The first-order chi connectivity index (χ1) is 8.15. The molecule has 1 aromatic rings. The van der Waals surface area contributed by atoms with Crippen molar-refractivity contribution in [2.45, 2.75) is 31.8 Å². The van der Waals surface area contributed by atoms with E-state index in [-0.39, 0.29) is 22.9 Å². The molecule has 2 N–H and O–H groups in total. The van der Waals surface area contributed by atoms with E-state index in [9.17, 15) is 4.39 Å². The van der Waals surface area contributed by atoms with E-state index in [0.29, 0.717) is 5.56 Å². The predicted molar refractivity (Wildman–Crippen MR) is 68.6 cm³/mol. The average Bonchev–Trinajstić information content (AvgIpc) is 2.65. The Morgan fingerprint density at radius 3 is 3.00 bits per heavy atom. The highest BCUT2D eigenvalue weighted by molar-refractivity contribution is 6.30. The molecule has 0 spiro atoms. The van der Waals surface area contributed by atoms with E-state index in [4.69, 9.17) is 17.3 Å². The van der Waals surface area contributed by atoms with Gasteiger partial charge in [-0.25, -0.2) is 4.39 Å². The molecule has 4 heteroatoms. The summed E-state index contributed by atoms with van der Waals surface area (Å²) in [4.78, 5) is 2.25. The topological polar surface area (TPSA) is 29.3 Å². The van der Waals surface area contributed by atoms with Crippen LogP contribution in [0.5, 0.6) is 0 Å². The first-order valence-electron chi connectivity index (χ1n) is 6.08. The summed E-state index contributed by atoms with van der Waals surface area (Å²) < 4.78 is 14.0. The number of halogens is 2. The van der Waals surface area contributed by atoms with Gasteiger partial charge in [0.25, 0.3) is 0 Å². The van der Waals surface area contributed by atoms with Crippen molar-refractivity contribution in [3.05, 3.63) is 34.6 Å². The molecule has 2 nitrogen and oxygen atoms in total. The van der Waals surface area contributed by atoms with Crippen LogP contribution < -0.4 is 5.73 Å². The lowest BCUT2D eigenvalue weighted by atomic mass is 10.00. The van der Waals surface area contributed by atoms with Crippen molar-refractivity contribution in [1.82, 2.24) is 4.90 Å². The van der Waals surface area contributed by atoms with Crippen molar-refractivity contribution in [3.63, 3.8) is 0 Å². The molecular weight excluding hydrogens is 239 g/mol.